The average molecular weight is 485 g/mol. The normalized spacial score (nSPS) is 27.0. The molecule has 4 heterocycles. The van der Waals surface area contributed by atoms with Crippen molar-refractivity contribution in [2.45, 2.75) is 63.1 Å². The number of benzene rings is 1. The number of aldehydes is 1. The molecule has 8 nitrogen and oxygen atoms in total. The van der Waals surface area contributed by atoms with Gasteiger partial charge in [-0.15, -0.1) is 0 Å². The van der Waals surface area contributed by atoms with Gasteiger partial charge in [0.25, 0.3) is 0 Å². The van der Waals surface area contributed by atoms with Gasteiger partial charge < -0.3 is 10.2 Å². The second kappa shape index (κ2) is 10.2. The van der Waals surface area contributed by atoms with Crippen LogP contribution in [0.1, 0.15) is 67.2 Å². The number of fused-ring (bicyclic) bond motifs is 1. The van der Waals surface area contributed by atoms with Crippen LogP contribution in [0, 0.1) is 11.7 Å². The first-order valence-corrected chi connectivity index (χ1v) is 12.8. The number of ketones is 1. The minimum absolute atomic E-state index is 0.106. The summed E-state index contributed by atoms with van der Waals surface area (Å²) in [7, 11) is 0. The Balaban J connectivity index is 1.32. The predicted molar refractivity (Wildman–Crippen MR) is 126 cm³/mol. The van der Waals surface area contributed by atoms with E-state index in [9.17, 15) is 19.2 Å². The van der Waals surface area contributed by atoms with E-state index in [1.54, 1.807) is 4.90 Å². The van der Waals surface area contributed by atoms with Crippen molar-refractivity contribution in [1.29, 1.82) is 0 Å². The van der Waals surface area contributed by atoms with E-state index in [4.69, 9.17) is 0 Å². The molecule has 0 saturated carbocycles. The first kappa shape index (κ1) is 24.2. The number of halogens is 1. The number of nitrogens with zero attached hydrogens (tertiary/aromatic N) is 2. The van der Waals surface area contributed by atoms with Crippen LogP contribution in [-0.2, 0) is 25.7 Å². The largest absolute Gasteiger partial charge is 0.317 e. The fraction of sp³-hybridized carbons (Fsp3) is 0.615. The molecule has 0 bridgehead atoms. The molecular weight excluding hydrogens is 451 g/mol. The van der Waals surface area contributed by atoms with Gasteiger partial charge in [-0.2, -0.15) is 0 Å². The first-order chi connectivity index (χ1) is 16.9. The maximum absolute atomic E-state index is 15.4. The van der Waals surface area contributed by atoms with Crippen LogP contribution in [0.3, 0.4) is 0 Å². The molecule has 188 valence electrons. The topological polar surface area (TPSA) is 98.8 Å². The Morgan fingerprint density at radius 2 is 1.80 bits per heavy atom. The Kier molecular flexibility index (Phi) is 7.09. The first-order valence-electron chi connectivity index (χ1n) is 12.8. The lowest BCUT2D eigenvalue weighted by Crippen LogP contribution is -2.52. The van der Waals surface area contributed by atoms with Crippen molar-refractivity contribution in [3.63, 3.8) is 0 Å². The third-order valence-electron chi connectivity index (χ3n) is 8.24. The fourth-order valence-corrected chi connectivity index (χ4v) is 6.35. The average Bonchev–Trinajstić information content (AvgIpc) is 3.22. The van der Waals surface area contributed by atoms with Gasteiger partial charge >= 0.3 is 0 Å². The molecule has 2 atom stereocenters. The molecular formula is C26H33FN4O4. The summed E-state index contributed by atoms with van der Waals surface area (Å²) in [5.41, 5.74) is 1.90. The van der Waals surface area contributed by atoms with Crippen molar-refractivity contribution < 1.29 is 23.6 Å². The fourth-order valence-electron chi connectivity index (χ4n) is 6.35. The van der Waals surface area contributed by atoms with Crippen LogP contribution in [-0.4, -0.2) is 72.4 Å². The third-order valence-corrected chi connectivity index (χ3v) is 8.24. The van der Waals surface area contributed by atoms with Gasteiger partial charge in [0.15, 0.2) is 6.29 Å². The van der Waals surface area contributed by atoms with Gasteiger partial charge in [0.05, 0.1) is 6.04 Å². The highest BCUT2D eigenvalue weighted by Crippen LogP contribution is 2.41. The van der Waals surface area contributed by atoms with Gasteiger partial charge in [-0.3, -0.25) is 29.4 Å². The lowest BCUT2D eigenvalue weighted by Gasteiger charge is -2.35. The molecule has 4 aliphatic heterocycles. The summed E-state index contributed by atoms with van der Waals surface area (Å²) in [5, 5.41) is 5.72. The van der Waals surface area contributed by atoms with Gasteiger partial charge in [-0.1, -0.05) is 6.07 Å². The van der Waals surface area contributed by atoms with Crippen molar-refractivity contribution in [2.75, 3.05) is 32.7 Å². The lowest BCUT2D eigenvalue weighted by atomic mass is 9.86. The zero-order valence-corrected chi connectivity index (χ0v) is 19.9. The van der Waals surface area contributed by atoms with Crippen molar-refractivity contribution in [1.82, 2.24) is 20.4 Å². The van der Waals surface area contributed by atoms with Gasteiger partial charge in [-0.25, -0.2) is 4.39 Å². The van der Waals surface area contributed by atoms with E-state index in [2.05, 4.69) is 15.5 Å². The van der Waals surface area contributed by atoms with Crippen molar-refractivity contribution in [2.24, 2.45) is 5.92 Å². The second-order valence-corrected chi connectivity index (χ2v) is 10.4. The standard InChI is InChI=1S/C26H33FN4O4/c27-21-12-20-18(14-31(25(20)23(33)15-32)22-1-2-24(34)29-26(22)35)11-19(21)17-5-9-30(10-6-17)13-16-3-7-28-8-4-16/h11-12,15-17,22,25,28H,1-10,13-14H2,(H,29,34,35). The molecule has 35 heavy (non-hydrogen) atoms. The maximum Gasteiger partial charge on any atom is 0.243 e. The van der Waals surface area contributed by atoms with Crippen LogP contribution in [0.2, 0.25) is 0 Å². The molecule has 5 rings (SSSR count). The molecule has 0 radical (unpaired) electrons. The van der Waals surface area contributed by atoms with Crippen molar-refractivity contribution >= 4 is 23.9 Å². The van der Waals surface area contributed by atoms with Crippen LogP contribution >= 0.6 is 0 Å². The number of amides is 2. The number of Topliss-reactive ketones (excluding diaryl/α,β-unsaturated/α-hetero) is 1. The molecule has 2 N–H and O–H groups in total. The Bertz CT molecular complexity index is 1020. The molecule has 0 aromatic heterocycles. The number of rotatable bonds is 6. The summed E-state index contributed by atoms with van der Waals surface area (Å²) >= 11 is 0. The Morgan fingerprint density at radius 3 is 2.49 bits per heavy atom. The summed E-state index contributed by atoms with van der Waals surface area (Å²) in [6, 6.07) is 1.53. The summed E-state index contributed by atoms with van der Waals surface area (Å²) in [4.78, 5) is 52.2. The van der Waals surface area contributed by atoms with E-state index >= 15 is 4.39 Å². The van der Waals surface area contributed by atoms with Crippen molar-refractivity contribution in [3.8, 4) is 0 Å². The Morgan fingerprint density at radius 1 is 1.06 bits per heavy atom. The number of piperidine rings is 3. The zero-order chi connectivity index (χ0) is 24.5. The summed E-state index contributed by atoms with van der Waals surface area (Å²) < 4.78 is 15.4. The number of nitrogens with one attached hydrogen (secondary N) is 2. The summed E-state index contributed by atoms with van der Waals surface area (Å²) in [5.74, 6) is -1.04. The van der Waals surface area contributed by atoms with Crippen LogP contribution in [0.4, 0.5) is 4.39 Å². The van der Waals surface area contributed by atoms with E-state index in [1.807, 2.05) is 6.07 Å². The predicted octanol–water partition coefficient (Wildman–Crippen LogP) is 1.43. The van der Waals surface area contributed by atoms with Gasteiger partial charge in [-0.05, 0) is 92.9 Å². The highest BCUT2D eigenvalue weighted by Gasteiger charge is 2.44. The highest BCUT2D eigenvalue weighted by molar-refractivity contribution is 6.27. The van der Waals surface area contributed by atoms with E-state index in [0.717, 1.165) is 57.0 Å². The van der Waals surface area contributed by atoms with Gasteiger partial charge in [0.1, 0.15) is 11.9 Å². The summed E-state index contributed by atoms with van der Waals surface area (Å²) in [6.07, 6.45) is 4.87. The quantitative estimate of drug-likeness (QED) is 0.358. The molecule has 0 spiro atoms. The number of hydrogen-bond donors (Lipinski definition) is 2. The Hall–Kier alpha value is -2.49. The number of imide groups is 1. The monoisotopic (exact) mass is 484 g/mol. The van der Waals surface area contributed by atoms with Gasteiger partial charge in [0.2, 0.25) is 17.6 Å². The minimum atomic E-state index is -0.998. The van der Waals surface area contributed by atoms with Crippen LogP contribution in [0.25, 0.3) is 0 Å². The SMILES string of the molecule is O=CC(=O)C1c2cc(F)c(C3CCN(CC4CCNCC4)CC3)cc2CN1C1CCC(=O)NC1=O. The number of likely N-dealkylation sites (tertiary alicyclic amines) is 1. The van der Waals surface area contributed by atoms with E-state index in [0.29, 0.717) is 11.1 Å². The molecule has 3 fully saturated rings. The molecule has 1 aromatic carbocycles. The smallest absolute Gasteiger partial charge is 0.243 e. The van der Waals surface area contributed by atoms with Crippen molar-refractivity contribution in [3.05, 3.63) is 34.6 Å². The van der Waals surface area contributed by atoms with Crippen LogP contribution in [0.15, 0.2) is 12.1 Å². The van der Waals surface area contributed by atoms with E-state index in [-0.39, 0.29) is 43.3 Å². The number of carbonyl (C=O) groups excluding carboxylic acids is 4. The molecule has 0 aliphatic carbocycles. The summed E-state index contributed by atoms with van der Waals surface area (Å²) in [6.45, 7) is 5.44. The molecule has 9 heteroatoms. The van der Waals surface area contributed by atoms with E-state index in [1.165, 1.54) is 18.9 Å². The second-order valence-electron chi connectivity index (χ2n) is 10.4. The molecule has 4 aliphatic rings. The minimum Gasteiger partial charge on any atom is -0.317 e. The van der Waals surface area contributed by atoms with E-state index < -0.39 is 23.8 Å². The van der Waals surface area contributed by atoms with Crippen LogP contribution in [0.5, 0.6) is 0 Å². The lowest BCUT2D eigenvalue weighted by molar-refractivity contribution is -0.141. The number of hydrogen-bond acceptors (Lipinski definition) is 7. The molecule has 2 unspecified atom stereocenters. The zero-order valence-electron chi connectivity index (χ0n) is 19.9. The number of carbonyl (C=O) groups is 4. The third kappa shape index (κ3) is 4.94. The maximum atomic E-state index is 15.4. The molecule has 1 aromatic rings. The molecule has 3 saturated heterocycles. The van der Waals surface area contributed by atoms with Crippen LogP contribution < -0.4 is 10.6 Å². The highest BCUT2D eigenvalue weighted by atomic mass is 19.1. The molecule has 2 amide bonds. The van der Waals surface area contributed by atoms with Gasteiger partial charge in [0, 0.05) is 19.5 Å². The Labute approximate surface area is 204 Å².